The van der Waals surface area contributed by atoms with E-state index in [0.29, 0.717) is 15.0 Å². The quantitative estimate of drug-likeness (QED) is 0.333. The molecular weight excluding hydrogens is 584 g/mol. The van der Waals surface area contributed by atoms with Crippen LogP contribution in [0.3, 0.4) is 0 Å². The number of aliphatic hydroxyl groups excluding tert-OH is 2. The molecule has 0 amide bonds. The van der Waals surface area contributed by atoms with Crippen molar-refractivity contribution in [3.05, 3.63) is 63.5 Å². The van der Waals surface area contributed by atoms with Crippen molar-refractivity contribution in [1.82, 2.24) is 29.8 Å². The minimum absolute atomic E-state index is 0.0566. The summed E-state index contributed by atoms with van der Waals surface area (Å²) in [6, 6.07) is 3.55. The minimum Gasteiger partial charge on any atom is -0.391 e. The average Bonchev–Trinajstić information content (AvgIpc) is 3.63. The topological polar surface area (TPSA) is 120 Å². The zero-order valence-corrected chi connectivity index (χ0v) is 22.5. The highest BCUT2D eigenvalue weighted by molar-refractivity contribution is 7.18. The van der Waals surface area contributed by atoms with E-state index in [-0.39, 0.29) is 16.4 Å². The summed E-state index contributed by atoms with van der Waals surface area (Å²) in [5, 5.41) is 35.1. The SMILES string of the molecule is CO[C@H]1C(C(C)O)O[C@@H](c2ccnn2-c2cc(Cl)ccc2C(F)(F)F)C(O)C1n1cc(-c2ncc(Cl)s2)nn1. The molecule has 16 heteroatoms. The van der Waals surface area contributed by atoms with Gasteiger partial charge in [0.25, 0.3) is 0 Å². The van der Waals surface area contributed by atoms with E-state index < -0.39 is 48.3 Å². The Balaban J connectivity index is 1.59. The van der Waals surface area contributed by atoms with E-state index in [2.05, 4.69) is 20.4 Å². The van der Waals surface area contributed by atoms with Crippen molar-refractivity contribution in [1.29, 1.82) is 0 Å². The van der Waals surface area contributed by atoms with Crippen LogP contribution in [-0.2, 0) is 15.7 Å². The van der Waals surface area contributed by atoms with Gasteiger partial charge in [0.1, 0.15) is 45.5 Å². The van der Waals surface area contributed by atoms with E-state index in [4.69, 9.17) is 32.7 Å². The van der Waals surface area contributed by atoms with Gasteiger partial charge in [-0.1, -0.05) is 28.4 Å². The fourth-order valence-electron chi connectivity index (χ4n) is 4.65. The highest BCUT2D eigenvalue weighted by Gasteiger charge is 2.50. The average molecular weight is 605 g/mol. The third-order valence-electron chi connectivity index (χ3n) is 6.34. The van der Waals surface area contributed by atoms with Crippen LogP contribution < -0.4 is 0 Å². The van der Waals surface area contributed by atoms with Crippen molar-refractivity contribution in [2.24, 2.45) is 0 Å². The summed E-state index contributed by atoms with van der Waals surface area (Å²) in [4.78, 5) is 4.18. The van der Waals surface area contributed by atoms with Crippen LogP contribution in [0.5, 0.6) is 0 Å². The summed E-state index contributed by atoms with van der Waals surface area (Å²) < 4.78 is 56.1. The molecule has 1 aliphatic heterocycles. The summed E-state index contributed by atoms with van der Waals surface area (Å²) >= 11 is 13.2. The Morgan fingerprint density at radius 2 is 2.00 bits per heavy atom. The van der Waals surface area contributed by atoms with Gasteiger partial charge in [-0.05, 0) is 31.2 Å². The molecule has 1 saturated heterocycles. The van der Waals surface area contributed by atoms with Gasteiger partial charge < -0.3 is 19.7 Å². The lowest BCUT2D eigenvalue weighted by molar-refractivity contribution is -0.230. The fourth-order valence-corrected chi connectivity index (χ4v) is 5.68. The first-order valence-corrected chi connectivity index (χ1v) is 13.1. The molecule has 3 aromatic heterocycles. The number of benzene rings is 1. The Bertz CT molecular complexity index is 1460. The maximum absolute atomic E-state index is 13.9. The number of alkyl halides is 3. The molecule has 0 aliphatic carbocycles. The van der Waals surface area contributed by atoms with Gasteiger partial charge in [-0.15, -0.1) is 16.4 Å². The van der Waals surface area contributed by atoms with Crippen molar-refractivity contribution < 1.29 is 32.9 Å². The molecule has 6 atom stereocenters. The van der Waals surface area contributed by atoms with Crippen LogP contribution in [-0.4, -0.2) is 71.5 Å². The molecule has 0 spiro atoms. The number of methoxy groups -OCH3 is 1. The molecule has 0 saturated carbocycles. The molecule has 0 bridgehead atoms. The number of hydrogen-bond donors (Lipinski definition) is 2. The molecular formula is C23H21Cl2F3N6O4S. The summed E-state index contributed by atoms with van der Waals surface area (Å²) in [6.45, 7) is 1.48. The third kappa shape index (κ3) is 5.29. The van der Waals surface area contributed by atoms with Gasteiger partial charge in [-0.2, -0.15) is 18.3 Å². The van der Waals surface area contributed by atoms with Crippen LogP contribution >= 0.6 is 34.5 Å². The van der Waals surface area contributed by atoms with Crippen LogP contribution in [0.15, 0.2) is 42.9 Å². The Morgan fingerprint density at radius 1 is 1.23 bits per heavy atom. The first kappa shape index (κ1) is 28.0. The van der Waals surface area contributed by atoms with Gasteiger partial charge >= 0.3 is 6.18 Å². The summed E-state index contributed by atoms with van der Waals surface area (Å²) in [7, 11) is 1.38. The maximum Gasteiger partial charge on any atom is 0.418 e. The van der Waals surface area contributed by atoms with Crippen LogP contribution in [0.4, 0.5) is 13.2 Å². The van der Waals surface area contributed by atoms with Gasteiger partial charge in [0, 0.05) is 18.3 Å². The molecule has 5 rings (SSSR count). The van der Waals surface area contributed by atoms with E-state index >= 15 is 0 Å². The summed E-state index contributed by atoms with van der Waals surface area (Å²) in [6.07, 6.45) is -6.15. The van der Waals surface area contributed by atoms with E-state index in [9.17, 15) is 23.4 Å². The van der Waals surface area contributed by atoms with E-state index in [0.717, 1.165) is 22.9 Å². The number of thiazole rings is 1. The van der Waals surface area contributed by atoms with Crippen molar-refractivity contribution in [2.45, 2.75) is 49.7 Å². The number of aliphatic hydroxyl groups is 2. The van der Waals surface area contributed by atoms with Crippen LogP contribution in [0.1, 0.15) is 30.3 Å². The van der Waals surface area contributed by atoms with Gasteiger partial charge in [-0.3, -0.25) is 0 Å². The zero-order chi connectivity index (χ0) is 28.1. The lowest BCUT2D eigenvalue weighted by atomic mass is 9.88. The highest BCUT2D eigenvalue weighted by Crippen LogP contribution is 2.42. The first-order valence-electron chi connectivity index (χ1n) is 11.5. The van der Waals surface area contributed by atoms with E-state index in [1.165, 1.54) is 54.7 Å². The van der Waals surface area contributed by atoms with Crippen LogP contribution in [0.2, 0.25) is 9.36 Å². The molecule has 4 unspecified atom stereocenters. The molecule has 1 aromatic carbocycles. The number of rotatable bonds is 6. The minimum atomic E-state index is -4.71. The molecule has 1 aliphatic rings. The third-order valence-corrected chi connectivity index (χ3v) is 7.71. The van der Waals surface area contributed by atoms with Gasteiger partial charge in [0.05, 0.1) is 35.4 Å². The van der Waals surface area contributed by atoms with Gasteiger partial charge in [0.15, 0.2) is 0 Å². The number of nitrogens with zero attached hydrogens (tertiary/aromatic N) is 6. The monoisotopic (exact) mass is 604 g/mol. The predicted molar refractivity (Wildman–Crippen MR) is 135 cm³/mol. The lowest BCUT2D eigenvalue weighted by Gasteiger charge is -2.45. The Kier molecular flexibility index (Phi) is 7.72. The van der Waals surface area contributed by atoms with Crippen LogP contribution in [0, 0.1) is 0 Å². The zero-order valence-electron chi connectivity index (χ0n) is 20.2. The van der Waals surface area contributed by atoms with E-state index in [1.54, 1.807) is 0 Å². The molecule has 208 valence electrons. The molecule has 2 N–H and O–H groups in total. The normalized spacial score (nSPS) is 24.7. The largest absolute Gasteiger partial charge is 0.418 e. The fraction of sp³-hybridized carbons (Fsp3) is 0.391. The van der Waals surface area contributed by atoms with Crippen molar-refractivity contribution >= 4 is 34.5 Å². The highest BCUT2D eigenvalue weighted by atomic mass is 35.5. The van der Waals surface area contributed by atoms with Crippen molar-refractivity contribution in [3.63, 3.8) is 0 Å². The first-order chi connectivity index (χ1) is 18.5. The second-order valence-corrected chi connectivity index (χ2v) is 10.9. The molecule has 1 fully saturated rings. The van der Waals surface area contributed by atoms with Gasteiger partial charge in [0.2, 0.25) is 0 Å². The number of hydrogen-bond acceptors (Lipinski definition) is 9. The smallest absolute Gasteiger partial charge is 0.391 e. The predicted octanol–water partition coefficient (Wildman–Crippen LogP) is 4.35. The molecule has 0 radical (unpaired) electrons. The summed E-state index contributed by atoms with van der Waals surface area (Å²) in [5.41, 5.74) is -0.867. The molecule has 39 heavy (non-hydrogen) atoms. The molecule has 4 aromatic rings. The maximum atomic E-state index is 13.9. The Labute approximate surface area is 233 Å². The molecule has 10 nitrogen and oxygen atoms in total. The van der Waals surface area contributed by atoms with E-state index in [1.807, 2.05) is 0 Å². The number of ether oxygens (including phenoxy) is 2. The molecule has 4 heterocycles. The van der Waals surface area contributed by atoms with Crippen molar-refractivity contribution in [2.75, 3.05) is 7.11 Å². The summed E-state index contributed by atoms with van der Waals surface area (Å²) in [5.74, 6) is 0. The van der Waals surface area contributed by atoms with Crippen LogP contribution in [0.25, 0.3) is 16.4 Å². The second kappa shape index (κ2) is 10.8. The lowest BCUT2D eigenvalue weighted by Crippen LogP contribution is -2.55. The standard InChI is InChI=1S/C23H21Cl2F3N6O4S/c1-10(35)19-21(37-2)17(33-9-13(31-32-33)22-29-8-16(25)39-22)18(36)20(38-19)14-5-6-30-34(14)15-7-11(24)3-4-12(15)23(26,27)28/h3-10,17-21,35-36H,1-2H3/t10?,17?,18?,19?,20-,21+/m0/s1. The Hall–Kier alpha value is -2.59. The number of halogens is 5. The van der Waals surface area contributed by atoms with Crippen molar-refractivity contribution in [3.8, 4) is 16.4 Å². The van der Waals surface area contributed by atoms with Gasteiger partial charge in [-0.25, -0.2) is 14.3 Å². The number of aromatic nitrogens is 6. The Morgan fingerprint density at radius 3 is 2.64 bits per heavy atom. The second-order valence-electron chi connectivity index (χ2n) is 8.82.